The Labute approximate surface area is 128 Å². The van der Waals surface area contributed by atoms with Crippen molar-refractivity contribution in [2.24, 2.45) is 0 Å². The number of halogens is 1. The molecule has 0 radical (unpaired) electrons. The van der Waals surface area contributed by atoms with Crippen molar-refractivity contribution in [2.75, 3.05) is 12.3 Å². The van der Waals surface area contributed by atoms with E-state index in [4.69, 9.17) is 22.1 Å². The van der Waals surface area contributed by atoms with Gasteiger partial charge in [-0.05, 0) is 24.6 Å². The van der Waals surface area contributed by atoms with Gasteiger partial charge in [0.2, 0.25) is 0 Å². The Bertz CT molecular complexity index is 635. The summed E-state index contributed by atoms with van der Waals surface area (Å²) in [6, 6.07) is 7.49. The van der Waals surface area contributed by atoms with E-state index >= 15 is 0 Å². The minimum Gasteiger partial charge on any atom is -0.461 e. The van der Waals surface area contributed by atoms with E-state index in [9.17, 15) is 4.79 Å². The number of aromatic nitrogens is 2. The van der Waals surface area contributed by atoms with Crippen molar-refractivity contribution in [3.8, 4) is 0 Å². The van der Waals surface area contributed by atoms with Crippen LogP contribution in [0.5, 0.6) is 0 Å². The second-order valence-electron chi connectivity index (χ2n) is 4.55. The van der Waals surface area contributed by atoms with Gasteiger partial charge in [-0.3, -0.25) is 0 Å². The molecule has 0 aliphatic heterocycles. The van der Waals surface area contributed by atoms with Crippen molar-refractivity contribution < 1.29 is 9.53 Å². The average Bonchev–Trinajstić information content (AvgIpc) is 2.78. The number of esters is 1. The molecule has 0 unspecified atom stereocenters. The number of nitrogen functional groups attached to an aromatic ring is 1. The van der Waals surface area contributed by atoms with Crippen LogP contribution in [-0.4, -0.2) is 22.1 Å². The lowest BCUT2D eigenvalue weighted by atomic mass is 10.2. The molecular formula is C15H18ClN3O2. The number of hydrogen-bond acceptors (Lipinski definition) is 4. The fourth-order valence-corrected chi connectivity index (χ4v) is 2.21. The van der Waals surface area contributed by atoms with Crippen LogP contribution in [0.4, 0.5) is 5.82 Å². The van der Waals surface area contributed by atoms with Gasteiger partial charge in [0, 0.05) is 11.4 Å². The first-order valence-corrected chi connectivity index (χ1v) is 7.21. The Hall–Kier alpha value is -2.01. The van der Waals surface area contributed by atoms with Gasteiger partial charge in [0.15, 0.2) is 5.69 Å². The van der Waals surface area contributed by atoms with Gasteiger partial charge in [0.05, 0.1) is 13.2 Å². The number of nitrogens with zero attached hydrogens (tertiary/aromatic N) is 2. The molecule has 0 saturated heterocycles. The first kappa shape index (κ1) is 15.4. The van der Waals surface area contributed by atoms with Crippen LogP contribution in [0.1, 0.15) is 35.7 Å². The maximum atomic E-state index is 11.8. The van der Waals surface area contributed by atoms with Gasteiger partial charge in [-0.2, -0.15) is 0 Å². The smallest absolute Gasteiger partial charge is 0.360 e. The number of imidazole rings is 1. The minimum absolute atomic E-state index is 0.183. The van der Waals surface area contributed by atoms with E-state index in [0.29, 0.717) is 30.4 Å². The second-order valence-corrected chi connectivity index (χ2v) is 4.98. The van der Waals surface area contributed by atoms with E-state index in [1.165, 1.54) is 0 Å². The summed E-state index contributed by atoms with van der Waals surface area (Å²) in [7, 11) is 0. The minimum atomic E-state index is -0.487. The van der Waals surface area contributed by atoms with Gasteiger partial charge in [-0.1, -0.05) is 30.7 Å². The van der Waals surface area contributed by atoms with Crippen LogP contribution in [0.2, 0.25) is 5.02 Å². The van der Waals surface area contributed by atoms with Crippen LogP contribution >= 0.6 is 11.6 Å². The molecule has 2 aromatic rings. The summed E-state index contributed by atoms with van der Waals surface area (Å²) in [5.41, 5.74) is 7.28. The SMILES string of the molecule is CCOC(=O)c1nc(CC)n(Cc2ccc(Cl)cc2)c1N. The molecule has 0 amide bonds. The predicted octanol–water partition coefficient (Wildman–Crippen LogP) is 2.91. The fraction of sp³-hybridized carbons (Fsp3) is 0.333. The highest BCUT2D eigenvalue weighted by molar-refractivity contribution is 6.30. The third-order valence-corrected chi connectivity index (χ3v) is 3.38. The molecule has 1 aromatic carbocycles. The van der Waals surface area contributed by atoms with Crippen LogP contribution in [0, 0.1) is 0 Å². The van der Waals surface area contributed by atoms with E-state index in [1.54, 1.807) is 6.92 Å². The molecule has 1 heterocycles. The molecular weight excluding hydrogens is 290 g/mol. The molecule has 0 spiro atoms. The quantitative estimate of drug-likeness (QED) is 0.862. The molecule has 2 N–H and O–H groups in total. The highest BCUT2D eigenvalue weighted by Gasteiger charge is 2.20. The van der Waals surface area contributed by atoms with Crippen molar-refractivity contribution in [1.82, 2.24) is 9.55 Å². The number of carbonyl (C=O) groups is 1. The largest absolute Gasteiger partial charge is 0.461 e. The average molecular weight is 308 g/mol. The molecule has 0 aliphatic rings. The van der Waals surface area contributed by atoms with E-state index in [1.807, 2.05) is 35.8 Å². The van der Waals surface area contributed by atoms with Crippen LogP contribution in [0.3, 0.4) is 0 Å². The van der Waals surface area contributed by atoms with E-state index in [2.05, 4.69) is 4.98 Å². The first-order valence-electron chi connectivity index (χ1n) is 6.83. The third-order valence-electron chi connectivity index (χ3n) is 3.12. The molecule has 5 nitrogen and oxygen atoms in total. The summed E-state index contributed by atoms with van der Waals surface area (Å²) in [4.78, 5) is 16.1. The first-order chi connectivity index (χ1) is 10.1. The maximum absolute atomic E-state index is 11.8. The van der Waals surface area contributed by atoms with Gasteiger partial charge in [-0.25, -0.2) is 9.78 Å². The van der Waals surface area contributed by atoms with Crippen LogP contribution in [-0.2, 0) is 17.7 Å². The van der Waals surface area contributed by atoms with E-state index < -0.39 is 5.97 Å². The summed E-state index contributed by atoms with van der Waals surface area (Å²) in [5, 5.41) is 0.681. The third kappa shape index (κ3) is 3.36. The molecule has 1 aromatic heterocycles. The van der Waals surface area contributed by atoms with Crippen LogP contribution in [0.15, 0.2) is 24.3 Å². The maximum Gasteiger partial charge on any atom is 0.360 e. The number of anilines is 1. The highest BCUT2D eigenvalue weighted by atomic mass is 35.5. The van der Waals surface area contributed by atoms with E-state index in [0.717, 1.165) is 11.4 Å². The van der Waals surface area contributed by atoms with Gasteiger partial charge >= 0.3 is 5.97 Å². The number of rotatable bonds is 5. The summed E-state index contributed by atoms with van der Waals surface area (Å²) in [6.45, 7) is 4.55. The lowest BCUT2D eigenvalue weighted by Gasteiger charge is -2.09. The van der Waals surface area contributed by atoms with Crippen LogP contribution < -0.4 is 5.73 Å². The summed E-state index contributed by atoms with van der Waals surface area (Å²) in [5.74, 6) is 0.602. The molecule has 0 saturated carbocycles. The molecule has 2 rings (SSSR count). The molecule has 6 heteroatoms. The zero-order valence-electron chi connectivity index (χ0n) is 12.1. The van der Waals surface area contributed by atoms with Crippen LogP contribution in [0.25, 0.3) is 0 Å². The summed E-state index contributed by atoms with van der Waals surface area (Å²) in [6.07, 6.45) is 0.678. The number of ether oxygens (including phenoxy) is 1. The van der Waals surface area contributed by atoms with Gasteiger partial charge < -0.3 is 15.0 Å². The monoisotopic (exact) mass is 307 g/mol. The van der Waals surface area contributed by atoms with Gasteiger partial charge in [-0.15, -0.1) is 0 Å². The number of carbonyl (C=O) groups excluding carboxylic acids is 1. The zero-order valence-corrected chi connectivity index (χ0v) is 12.9. The normalized spacial score (nSPS) is 10.6. The summed E-state index contributed by atoms with van der Waals surface area (Å²) < 4.78 is 6.80. The fourth-order valence-electron chi connectivity index (χ4n) is 2.08. The Morgan fingerprint density at radius 3 is 2.57 bits per heavy atom. The van der Waals surface area contributed by atoms with Gasteiger partial charge in [0.1, 0.15) is 11.6 Å². The zero-order chi connectivity index (χ0) is 15.4. The Balaban J connectivity index is 2.34. The molecule has 0 aliphatic carbocycles. The number of hydrogen-bond donors (Lipinski definition) is 1. The molecule has 0 fully saturated rings. The summed E-state index contributed by atoms with van der Waals surface area (Å²) >= 11 is 5.88. The molecule has 0 atom stereocenters. The van der Waals surface area contributed by atoms with Crippen molar-refractivity contribution in [3.05, 3.63) is 46.4 Å². The predicted molar refractivity (Wildman–Crippen MR) is 82.5 cm³/mol. The molecule has 112 valence electrons. The van der Waals surface area contributed by atoms with Crippen molar-refractivity contribution in [3.63, 3.8) is 0 Å². The highest BCUT2D eigenvalue weighted by Crippen LogP contribution is 2.19. The molecule has 21 heavy (non-hydrogen) atoms. The Kier molecular flexibility index (Phi) is 4.85. The number of nitrogens with two attached hydrogens (primary N) is 1. The van der Waals surface area contributed by atoms with Crippen molar-refractivity contribution >= 4 is 23.4 Å². The standard InChI is InChI=1S/C15H18ClN3O2/c1-3-12-18-13(15(20)21-4-2)14(17)19(12)9-10-5-7-11(16)8-6-10/h5-8H,3-4,9,17H2,1-2H3. The Morgan fingerprint density at radius 2 is 2.00 bits per heavy atom. The Morgan fingerprint density at radius 1 is 1.33 bits per heavy atom. The topological polar surface area (TPSA) is 70.1 Å². The van der Waals surface area contributed by atoms with Crippen molar-refractivity contribution in [2.45, 2.75) is 26.8 Å². The number of aryl methyl sites for hydroxylation is 1. The van der Waals surface area contributed by atoms with Gasteiger partial charge in [0.25, 0.3) is 0 Å². The number of benzene rings is 1. The van der Waals surface area contributed by atoms with Crippen molar-refractivity contribution in [1.29, 1.82) is 0 Å². The lowest BCUT2D eigenvalue weighted by molar-refractivity contribution is 0.0521. The van der Waals surface area contributed by atoms with E-state index in [-0.39, 0.29) is 5.69 Å². The second kappa shape index (κ2) is 6.63. The lowest BCUT2D eigenvalue weighted by Crippen LogP contribution is -2.11. The molecule has 0 bridgehead atoms.